The van der Waals surface area contributed by atoms with Crippen LogP contribution in [0.15, 0.2) is 60.7 Å². The second-order valence-corrected chi connectivity index (χ2v) is 13.7. The third-order valence-corrected chi connectivity index (χ3v) is 9.97. The quantitative estimate of drug-likeness (QED) is 0.387. The Bertz CT molecular complexity index is 845. The lowest BCUT2D eigenvalue weighted by Crippen LogP contribution is -2.48. The zero-order chi connectivity index (χ0) is 25.4. The molecule has 2 saturated heterocycles. The van der Waals surface area contributed by atoms with Crippen LogP contribution >= 0.6 is 23.5 Å². The molecule has 3 atom stereocenters. The lowest BCUT2D eigenvalue weighted by Gasteiger charge is -2.45. The molecule has 2 fully saturated rings. The smallest absolute Gasteiger partial charge is 0.161 e. The van der Waals surface area contributed by atoms with E-state index in [-0.39, 0.29) is 21.7 Å². The summed E-state index contributed by atoms with van der Waals surface area (Å²) in [6, 6.07) is 20.3. The van der Waals surface area contributed by atoms with E-state index in [4.69, 9.17) is 18.9 Å². The first-order valence-corrected chi connectivity index (χ1v) is 14.8. The van der Waals surface area contributed by atoms with Crippen molar-refractivity contribution in [3.8, 4) is 0 Å². The van der Waals surface area contributed by atoms with Crippen molar-refractivity contribution in [1.29, 1.82) is 0 Å². The summed E-state index contributed by atoms with van der Waals surface area (Å²) in [5, 5.41) is 11.4. The second kappa shape index (κ2) is 13.1. The monoisotopic (exact) mass is 532 g/mol. The molecule has 2 aliphatic heterocycles. The maximum absolute atomic E-state index is 11.4. The molecule has 0 aromatic heterocycles. The van der Waals surface area contributed by atoms with Gasteiger partial charge in [0, 0.05) is 6.42 Å². The van der Waals surface area contributed by atoms with Crippen molar-refractivity contribution in [1.82, 2.24) is 0 Å². The van der Waals surface area contributed by atoms with Gasteiger partial charge in [0.1, 0.15) is 12.2 Å². The third kappa shape index (κ3) is 7.73. The molecule has 1 unspecified atom stereocenters. The molecule has 2 aromatic carbocycles. The Morgan fingerprint density at radius 2 is 1.33 bits per heavy atom. The lowest BCUT2D eigenvalue weighted by atomic mass is 9.85. The summed E-state index contributed by atoms with van der Waals surface area (Å²) in [6.07, 6.45) is 0.454. The highest BCUT2D eigenvalue weighted by Gasteiger charge is 2.50. The molecular formula is C29H40O5S2. The largest absolute Gasteiger partial charge is 0.390 e. The van der Waals surface area contributed by atoms with Crippen LogP contribution < -0.4 is 0 Å². The Hall–Kier alpha value is -1.06. The summed E-state index contributed by atoms with van der Waals surface area (Å²) in [7, 11) is 0. The maximum Gasteiger partial charge on any atom is 0.161 e. The first-order valence-electron chi connectivity index (χ1n) is 12.9. The van der Waals surface area contributed by atoms with Gasteiger partial charge in [-0.2, -0.15) is 0 Å². The summed E-state index contributed by atoms with van der Waals surface area (Å²) >= 11 is 3.71. The van der Waals surface area contributed by atoms with E-state index < -0.39 is 12.4 Å². The van der Waals surface area contributed by atoms with E-state index in [1.54, 1.807) is 0 Å². The molecule has 0 spiro atoms. The highest BCUT2D eigenvalue weighted by molar-refractivity contribution is 8.18. The van der Waals surface area contributed by atoms with Gasteiger partial charge in [-0.05, 0) is 34.5 Å². The van der Waals surface area contributed by atoms with Gasteiger partial charge in [0.25, 0.3) is 0 Å². The van der Waals surface area contributed by atoms with Gasteiger partial charge in [-0.25, -0.2) is 0 Å². The van der Waals surface area contributed by atoms with Gasteiger partial charge in [0.2, 0.25) is 0 Å². The molecule has 2 aromatic rings. The predicted octanol–water partition coefficient (Wildman–Crippen LogP) is 5.89. The van der Waals surface area contributed by atoms with Crippen molar-refractivity contribution in [2.24, 2.45) is 5.41 Å². The molecular weight excluding hydrogens is 492 g/mol. The highest BCUT2D eigenvalue weighted by atomic mass is 32.2. The number of benzene rings is 2. The van der Waals surface area contributed by atoms with Gasteiger partial charge < -0.3 is 24.1 Å². The van der Waals surface area contributed by atoms with Gasteiger partial charge in [-0.1, -0.05) is 81.4 Å². The summed E-state index contributed by atoms with van der Waals surface area (Å²) in [5.41, 5.74) is 2.03. The Morgan fingerprint density at radius 3 is 1.78 bits per heavy atom. The van der Waals surface area contributed by atoms with Crippen LogP contribution in [0.3, 0.4) is 0 Å². The third-order valence-electron chi connectivity index (χ3n) is 6.52. The number of rotatable bonds is 11. The Morgan fingerprint density at radius 1 is 0.861 bits per heavy atom. The molecule has 7 heteroatoms. The zero-order valence-electron chi connectivity index (χ0n) is 21.6. The van der Waals surface area contributed by atoms with E-state index in [1.165, 1.54) is 0 Å². The number of hydrogen-bond acceptors (Lipinski definition) is 7. The van der Waals surface area contributed by atoms with Crippen molar-refractivity contribution in [2.75, 3.05) is 24.7 Å². The number of aliphatic hydroxyl groups excluding tert-OH is 1. The number of hydrogen-bond donors (Lipinski definition) is 1. The summed E-state index contributed by atoms with van der Waals surface area (Å²) in [5.74, 6) is 2.08. The van der Waals surface area contributed by atoms with Crippen molar-refractivity contribution in [3.05, 3.63) is 71.8 Å². The van der Waals surface area contributed by atoms with E-state index in [2.05, 4.69) is 45.0 Å². The number of ether oxygens (including phenoxy) is 4. The fraction of sp³-hybridized carbons (Fsp3) is 0.586. The van der Waals surface area contributed by atoms with E-state index in [0.717, 1.165) is 29.1 Å². The van der Waals surface area contributed by atoms with Crippen molar-refractivity contribution in [3.63, 3.8) is 0 Å². The van der Waals surface area contributed by atoms with E-state index in [9.17, 15) is 5.11 Å². The molecule has 5 nitrogen and oxygen atoms in total. The second-order valence-electron chi connectivity index (χ2n) is 10.6. The Labute approximate surface area is 224 Å². The van der Waals surface area contributed by atoms with E-state index in [0.29, 0.717) is 32.8 Å². The van der Waals surface area contributed by atoms with Crippen LogP contribution in [0.1, 0.15) is 44.7 Å². The first-order chi connectivity index (χ1) is 17.4. The zero-order valence-corrected chi connectivity index (χ0v) is 23.3. The van der Waals surface area contributed by atoms with Crippen molar-refractivity contribution < 1.29 is 24.1 Å². The SMILES string of the molecule is CC(C)(C)C(O)C1(CC2O[C@@H](COCc3ccccc3)[C@H](COCc3ccccc3)O2)SCCCS1. The fourth-order valence-corrected chi connectivity index (χ4v) is 8.41. The molecule has 1 N–H and O–H groups in total. The molecule has 4 rings (SSSR count). The number of aliphatic hydroxyl groups is 1. The van der Waals surface area contributed by atoms with Crippen LogP contribution in [0.25, 0.3) is 0 Å². The van der Waals surface area contributed by atoms with E-state index >= 15 is 0 Å². The summed E-state index contributed by atoms with van der Waals surface area (Å²) in [6.45, 7) is 8.23. The molecule has 0 radical (unpaired) electrons. The molecule has 0 bridgehead atoms. The van der Waals surface area contributed by atoms with Crippen molar-refractivity contribution >= 4 is 23.5 Å². The van der Waals surface area contributed by atoms with Crippen LogP contribution in [0.5, 0.6) is 0 Å². The minimum atomic E-state index is -0.478. The fourth-order valence-electron chi connectivity index (χ4n) is 4.59. The molecule has 198 valence electrons. The number of thioether (sulfide) groups is 2. The predicted molar refractivity (Wildman–Crippen MR) is 148 cm³/mol. The topological polar surface area (TPSA) is 57.2 Å². The summed E-state index contributed by atoms with van der Waals surface area (Å²) in [4.78, 5) is 0. The molecule has 0 amide bonds. The Kier molecular flexibility index (Phi) is 10.2. The van der Waals surface area contributed by atoms with Gasteiger partial charge in [0.05, 0.1) is 36.6 Å². The van der Waals surface area contributed by atoms with Crippen LogP contribution in [0, 0.1) is 5.41 Å². The minimum absolute atomic E-state index is 0.225. The standard InChI is InChI=1S/C29H40O5S2/c1-28(2,3)27(30)29(35-15-10-16-36-29)17-26-33-24(20-31-18-22-11-6-4-7-12-22)25(34-26)21-32-19-23-13-8-5-9-14-23/h4-9,11-14,24-27,30H,10,15-21H2,1-3H3/t24-,25-,27?/m0/s1. The molecule has 2 aliphatic rings. The van der Waals surface area contributed by atoms with Crippen LogP contribution in [0.4, 0.5) is 0 Å². The molecule has 36 heavy (non-hydrogen) atoms. The van der Waals surface area contributed by atoms with Crippen LogP contribution in [-0.4, -0.2) is 58.5 Å². The molecule has 2 heterocycles. The van der Waals surface area contributed by atoms with Crippen molar-refractivity contribution in [2.45, 2.75) is 75.5 Å². The highest BCUT2D eigenvalue weighted by Crippen LogP contribution is 2.52. The molecule has 0 aliphatic carbocycles. The van der Waals surface area contributed by atoms with Gasteiger partial charge in [-0.3, -0.25) is 0 Å². The molecule has 0 saturated carbocycles. The van der Waals surface area contributed by atoms with Crippen LogP contribution in [-0.2, 0) is 32.2 Å². The van der Waals surface area contributed by atoms with Gasteiger partial charge >= 0.3 is 0 Å². The first kappa shape index (κ1) is 28.0. The lowest BCUT2D eigenvalue weighted by molar-refractivity contribution is -0.0944. The van der Waals surface area contributed by atoms with E-state index in [1.807, 2.05) is 59.9 Å². The minimum Gasteiger partial charge on any atom is -0.390 e. The van der Waals surface area contributed by atoms with Gasteiger partial charge in [0.15, 0.2) is 6.29 Å². The maximum atomic E-state index is 11.4. The average molecular weight is 533 g/mol. The van der Waals surface area contributed by atoms with Gasteiger partial charge in [-0.15, -0.1) is 23.5 Å². The Balaban J connectivity index is 1.40. The van der Waals surface area contributed by atoms with Crippen LogP contribution in [0.2, 0.25) is 0 Å². The normalized spacial score (nSPS) is 23.6. The summed E-state index contributed by atoms with van der Waals surface area (Å²) < 4.78 is 24.6. The average Bonchev–Trinajstić information content (AvgIpc) is 3.25.